The summed E-state index contributed by atoms with van der Waals surface area (Å²) in [4.78, 5) is 0. The Morgan fingerprint density at radius 3 is 2.24 bits per heavy atom. The van der Waals surface area contributed by atoms with E-state index in [0.29, 0.717) is 0 Å². The molecule has 1 aromatic carbocycles. The van der Waals surface area contributed by atoms with Gasteiger partial charge in [-0.2, -0.15) is 0 Å². The minimum absolute atomic E-state index is 0.0529. The van der Waals surface area contributed by atoms with Crippen molar-refractivity contribution in [2.24, 2.45) is 0 Å². The Balaban J connectivity index is 2.59. The van der Waals surface area contributed by atoms with E-state index in [-0.39, 0.29) is 24.2 Å². The molecular formula is C13H18F2O2. The van der Waals surface area contributed by atoms with Crippen LogP contribution in [0.2, 0.25) is 0 Å². The van der Waals surface area contributed by atoms with Gasteiger partial charge in [-0.05, 0) is 32.9 Å². The number of rotatable bonds is 4. The molecule has 1 unspecified atom stereocenters. The van der Waals surface area contributed by atoms with Gasteiger partial charge in [0.1, 0.15) is 11.6 Å². The summed E-state index contributed by atoms with van der Waals surface area (Å²) in [7, 11) is 0. The van der Waals surface area contributed by atoms with Crippen molar-refractivity contribution in [3.05, 3.63) is 35.4 Å². The second-order valence-corrected chi connectivity index (χ2v) is 4.98. The molecule has 96 valence electrons. The predicted molar refractivity (Wildman–Crippen MR) is 61.8 cm³/mol. The van der Waals surface area contributed by atoms with Crippen LogP contribution in [0.25, 0.3) is 0 Å². The SMILES string of the molecule is CC(C)(C)OCC(O)Cc1c(F)cccc1F. The third-order valence-electron chi connectivity index (χ3n) is 2.21. The maximum atomic E-state index is 13.3. The van der Waals surface area contributed by atoms with Crippen LogP contribution in [0.5, 0.6) is 0 Å². The highest BCUT2D eigenvalue weighted by Crippen LogP contribution is 2.15. The van der Waals surface area contributed by atoms with Crippen molar-refractivity contribution in [1.82, 2.24) is 0 Å². The van der Waals surface area contributed by atoms with E-state index < -0.39 is 17.7 Å². The number of hydrogen-bond acceptors (Lipinski definition) is 2. The summed E-state index contributed by atoms with van der Waals surface area (Å²) in [6.07, 6.45) is -1.00. The standard InChI is InChI=1S/C13H18F2O2/c1-13(2,3)17-8-9(16)7-10-11(14)5-4-6-12(10)15/h4-6,9,16H,7-8H2,1-3H3. The number of ether oxygens (including phenoxy) is 1. The summed E-state index contributed by atoms with van der Waals surface area (Å²) >= 11 is 0. The van der Waals surface area contributed by atoms with E-state index >= 15 is 0 Å². The molecule has 1 N–H and O–H groups in total. The summed E-state index contributed by atoms with van der Waals surface area (Å²) in [5.41, 5.74) is -0.480. The van der Waals surface area contributed by atoms with Crippen molar-refractivity contribution in [2.75, 3.05) is 6.61 Å². The molecule has 0 bridgehead atoms. The fourth-order valence-electron chi connectivity index (χ4n) is 1.37. The molecule has 0 heterocycles. The van der Waals surface area contributed by atoms with E-state index in [9.17, 15) is 13.9 Å². The van der Waals surface area contributed by atoms with Crippen molar-refractivity contribution in [2.45, 2.75) is 38.9 Å². The van der Waals surface area contributed by atoms with Gasteiger partial charge in [-0.3, -0.25) is 0 Å². The highest BCUT2D eigenvalue weighted by molar-refractivity contribution is 5.20. The Morgan fingerprint density at radius 1 is 1.24 bits per heavy atom. The van der Waals surface area contributed by atoms with E-state index in [1.165, 1.54) is 18.2 Å². The first-order valence-electron chi connectivity index (χ1n) is 5.54. The van der Waals surface area contributed by atoms with Crippen LogP contribution in [-0.2, 0) is 11.2 Å². The molecule has 1 rings (SSSR count). The van der Waals surface area contributed by atoms with Gasteiger partial charge in [-0.15, -0.1) is 0 Å². The zero-order valence-corrected chi connectivity index (χ0v) is 10.3. The number of benzene rings is 1. The lowest BCUT2D eigenvalue weighted by molar-refractivity contribution is -0.0485. The predicted octanol–water partition coefficient (Wildman–Crippen LogP) is 2.68. The molecule has 0 radical (unpaired) electrons. The lowest BCUT2D eigenvalue weighted by Crippen LogP contribution is -2.27. The van der Waals surface area contributed by atoms with Crippen LogP contribution in [0.3, 0.4) is 0 Å². The molecule has 0 aromatic heterocycles. The van der Waals surface area contributed by atoms with Gasteiger partial charge in [0.25, 0.3) is 0 Å². The fourth-order valence-corrected chi connectivity index (χ4v) is 1.37. The van der Waals surface area contributed by atoms with Gasteiger partial charge in [0.05, 0.1) is 18.3 Å². The molecule has 0 fully saturated rings. The molecule has 1 aromatic rings. The molecule has 0 saturated carbocycles. The Hall–Kier alpha value is -1.00. The first-order valence-corrected chi connectivity index (χ1v) is 5.54. The van der Waals surface area contributed by atoms with E-state index in [1.54, 1.807) is 0 Å². The molecule has 1 atom stereocenters. The monoisotopic (exact) mass is 244 g/mol. The first kappa shape index (κ1) is 14.1. The lowest BCUT2D eigenvalue weighted by Gasteiger charge is -2.22. The van der Waals surface area contributed by atoms with Crippen molar-refractivity contribution in [3.63, 3.8) is 0 Å². The van der Waals surface area contributed by atoms with Crippen LogP contribution in [0.15, 0.2) is 18.2 Å². The molecule has 0 amide bonds. The van der Waals surface area contributed by atoms with Gasteiger partial charge < -0.3 is 9.84 Å². The average Bonchev–Trinajstić information content (AvgIpc) is 2.20. The summed E-state index contributed by atoms with van der Waals surface area (Å²) in [6, 6.07) is 3.65. The van der Waals surface area contributed by atoms with Gasteiger partial charge in [-0.1, -0.05) is 6.07 Å². The molecule has 0 saturated heterocycles. The van der Waals surface area contributed by atoms with Crippen LogP contribution >= 0.6 is 0 Å². The Kier molecular flexibility index (Phi) is 4.60. The van der Waals surface area contributed by atoms with Crippen LogP contribution in [0.4, 0.5) is 8.78 Å². The maximum Gasteiger partial charge on any atom is 0.129 e. The third kappa shape index (κ3) is 4.79. The third-order valence-corrected chi connectivity index (χ3v) is 2.21. The highest BCUT2D eigenvalue weighted by atomic mass is 19.1. The van der Waals surface area contributed by atoms with Crippen LogP contribution in [0.1, 0.15) is 26.3 Å². The van der Waals surface area contributed by atoms with Crippen LogP contribution < -0.4 is 0 Å². The van der Waals surface area contributed by atoms with Crippen molar-refractivity contribution in [3.8, 4) is 0 Å². The molecule has 0 aliphatic carbocycles. The highest BCUT2D eigenvalue weighted by Gasteiger charge is 2.17. The van der Waals surface area contributed by atoms with Gasteiger partial charge in [0, 0.05) is 12.0 Å². The minimum atomic E-state index is -0.916. The van der Waals surface area contributed by atoms with E-state index in [2.05, 4.69) is 0 Å². The van der Waals surface area contributed by atoms with Gasteiger partial charge in [0.15, 0.2) is 0 Å². The quantitative estimate of drug-likeness (QED) is 0.882. The van der Waals surface area contributed by atoms with Gasteiger partial charge in [-0.25, -0.2) is 8.78 Å². The fraction of sp³-hybridized carbons (Fsp3) is 0.538. The minimum Gasteiger partial charge on any atom is -0.390 e. The Morgan fingerprint density at radius 2 is 1.76 bits per heavy atom. The number of aliphatic hydroxyl groups is 1. The smallest absolute Gasteiger partial charge is 0.129 e. The van der Waals surface area contributed by atoms with Crippen LogP contribution in [-0.4, -0.2) is 23.4 Å². The molecule has 0 aliphatic heterocycles. The first-order chi connectivity index (χ1) is 7.79. The van der Waals surface area contributed by atoms with Crippen molar-refractivity contribution in [1.29, 1.82) is 0 Å². The lowest BCUT2D eigenvalue weighted by atomic mass is 10.1. The molecular weight excluding hydrogens is 226 g/mol. The zero-order valence-electron chi connectivity index (χ0n) is 10.3. The van der Waals surface area contributed by atoms with Crippen LogP contribution in [0, 0.1) is 11.6 Å². The summed E-state index contributed by atoms with van der Waals surface area (Å²) in [6.45, 7) is 5.60. The van der Waals surface area contributed by atoms with E-state index in [1.807, 2.05) is 20.8 Å². The molecule has 0 aliphatic rings. The number of aliphatic hydroxyl groups excluding tert-OH is 1. The Labute approximate surface area is 100 Å². The summed E-state index contributed by atoms with van der Waals surface area (Å²) in [5, 5.41) is 9.66. The van der Waals surface area contributed by atoms with Gasteiger partial charge >= 0.3 is 0 Å². The number of halogens is 2. The molecule has 0 spiro atoms. The molecule has 4 heteroatoms. The zero-order chi connectivity index (χ0) is 13.1. The largest absolute Gasteiger partial charge is 0.390 e. The second kappa shape index (κ2) is 5.56. The van der Waals surface area contributed by atoms with E-state index in [0.717, 1.165) is 0 Å². The topological polar surface area (TPSA) is 29.5 Å². The average molecular weight is 244 g/mol. The van der Waals surface area contributed by atoms with Gasteiger partial charge in [0.2, 0.25) is 0 Å². The second-order valence-electron chi connectivity index (χ2n) is 4.98. The summed E-state index contributed by atoms with van der Waals surface area (Å²) in [5.74, 6) is -1.28. The number of hydrogen-bond donors (Lipinski definition) is 1. The summed E-state index contributed by atoms with van der Waals surface area (Å²) < 4.78 is 31.9. The Bertz CT molecular complexity index is 352. The molecule has 2 nitrogen and oxygen atoms in total. The normalized spacial score (nSPS) is 13.8. The maximum absolute atomic E-state index is 13.3. The molecule has 17 heavy (non-hydrogen) atoms. The van der Waals surface area contributed by atoms with Crippen molar-refractivity contribution >= 4 is 0 Å². The van der Waals surface area contributed by atoms with Crippen molar-refractivity contribution < 1.29 is 18.6 Å². The van der Waals surface area contributed by atoms with E-state index in [4.69, 9.17) is 4.74 Å².